The Labute approximate surface area is 525 Å². The number of nitrogens with two attached hydrogens (primary N) is 2. The molecule has 8 N–H and O–H groups in total. The number of anilines is 2. The Morgan fingerprint density at radius 2 is 1.49 bits per heavy atom. The zero-order valence-electron chi connectivity index (χ0n) is 48.6. The van der Waals surface area contributed by atoms with E-state index in [1.807, 2.05) is 0 Å². The quantitative estimate of drug-likeness (QED) is 0.0162. The van der Waals surface area contributed by atoms with Crippen LogP contribution in [0.25, 0.3) is 22.3 Å². The zero-order chi connectivity index (χ0) is 65.5. The smallest absolute Gasteiger partial charge is 0.409 e. The minimum atomic E-state index is -4.56. The van der Waals surface area contributed by atoms with Gasteiger partial charge in [0.1, 0.15) is 61.3 Å². The fourth-order valence-electron chi connectivity index (χ4n) is 10.1. The van der Waals surface area contributed by atoms with Crippen LogP contribution in [0.5, 0.6) is 0 Å². The van der Waals surface area contributed by atoms with Gasteiger partial charge in [-0.25, -0.2) is 52.8 Å². The highest BCUT2D eigenvalue weighted by Crippen LogP contribution is 2.59. The number of ketones is 1. The van der Waals surface area contributed by atoms with Crippen LogP contribution in [0.3, 0.4) is 0 Å². The van der Waals surface area contributed by atoms with Crippen LogP contribution in [0.1, 0.15) is 63.2 Å². The molecule has 0 bridgehead atoms. The molecule has 4 aliphatic rings. The number of urea groups is 1. The van der Waals surface area contributed by atoms with Gasteiger partial charge in [-0.3, -0.25) is 56.4 Å². The van der Waals surface area contributed by atoms with Crippen molar-refractivity contribution in [3.8, 4) is 0 Å². The molecule has 4 aromatic heterocycles. The molecule has 0 aliphatic carbocycles. The van der Waals surface area contributed by atoms with E-state index in [1.54, 1.807) is 38.1 Å². The molecule has 39 heteroatoms. The number of aromatic nitrogens is 8. The number of hydrogen-bond donors (Lipinski definition) is 7. The summed E-state index contributed by atoms with van der Waals surface area (Å²) in [6.45, 7) is -7.66. The second-order valence-corrected chi connectivity index (χ2v) is 27.1. The lowest BCUT2D eigenvalue weighted by Crippen LogP contribution is -2.46. The lowest BCUT2D eigenvalue weighted by atomic mass is 9.89. The Hall–Kier alpha value is -7.57. The Kier molecular flexibility index (Phi) is 21.9. The number of fused-ring (bicyclic) bond motifs is 4. The molecule has 9 rings (SSSR count). The number of rotatable bonds is 23. The maximum atomic E-state index is 16.7. The van der Waals surface area contributed by atoms with Gasteiger partial charge >= 0.3 is 31.6 Å². The maximum Gasteiger partial charge on any atom is 0.409 e. The second kappa shape index (κ2) is 29.4. The van der Waals surface area contributed by atoms with Gasteiger partial charge in [0.05, 0.1) is 50.6 Å². The first-order valence-electron chi connectivity index (χ1n) is 28.1. The summed E-state index contributed by atoms with van der Waals surface area (Å²) >= 11 is 9.31. The molecule has 0 saturated carbocycles. The SMILES string of the molecule is CC(C)[C@H](NC(=O)CCN1C(=O)C=CC1=O)C(=O)C[C@@H](CCCNC(N)=O)C(=O)Nc1ccc(COC(=O)N(C)CCOC(=O)Cc2ncnc3c2ncn3[C@@H]2O[C@@H]3COP(O)(=S)O[C@H]4[C@@H](F)[C@H](n5cnc6c(N)ncnc65)O[C@@H]4COP(=O)(S)O[C@H]3[C@H]2F)cc1. The van der Waals surface area contributed by atoms with Gasteiger partial charge in [-0.15, -0.1) is 0 Å². The topological polar surface area (TPSA) is 430 Å². The van der Waals surface area contributed by atoms with Crippen LogP contribution in [-0.2, 0) is 95.2 Å². The van der Waals surface area contributed by atoms with Gasteiger partial charge in [0, 0.05) is 56.7 Å². The van der Waals surface area contributed by atoms with Crippen LogP contribution in [-0.4, -0.2) is 191 Å². The Morgan fingerprint density at radius 3 is 2.14 bits per heavy atom. The number of esters is 1. The number of benzene rings is 1. The first-order valence-corrected chi connectivity index (χ1v) is 33.4. The lowest BCUT2D eigenvalue weighted by molar-refractivity contribution is -0.143. The highest BCUT2D eigenvalue weighted by Gasteiger charge is 2.54. The van der Waals surface area contributed by atoms with Crippen molar-refractivity contribution >= 4 is 119 Å². The van der Waals surface area contributed by atoms with E-state index in [1.165, 1.54) is 17.9 Å². The molecule has 1 aromatic carbocycles. The Bertz CT molecular complexity index is 3690. The summed E-state index contributed by atoms with van der Waals surface area (Å²) in [5, 5.41) is 7.89. The number of ether oxygens (including phenoxy) is 4. The molecule has 3 fully saturated rings. The number of Topliss-reactive ketones (excluding diaryl/α,β-unsaturated/α-hetero) is 1. The molecule has 12 atom stereocenters. The third-order valence-electron chi connectivity index (χ3n) is 14.8. The molecule has 490 valence electrons. The minimum absolute atomic E-state index is 0.0107. The first-order chi connectivity index (χ1) is 43.3. The Balaban J connectivity index is 0.738. The van der Waals surface area contributed by atoms with E-state index < -0.39 is 148 Å². The monoisotopic (exact) mass is 1350 g/mol. The molecule has 33 nitrogen and oxygen atoms in total. The number of imide groups is 1. The number of nitrogen functional groups attached to an aromatic ring is 1. The van der Waals surface area contributed by atoms with Crippen LogP contribution >= 0.6 is 25.8 Å². The van der Waals surface area contributed by atoms with Crippen molar-refractivity contribution in [2.45, 2.75) is 108 Å². The Morgan fingerprint density at radius 1 is 0.879 bits per heavy atom. The number of primary amides is 1. The predicted octanol–water partition coefficient (Wildman–Crippen LogP) is 2.56. The zero-order valence-corrected chi connectivity index (χ0v) is 52.1. The summed E-state index contributed by atoms with van der Waals surface area (Å²) in [4.78, 5) is 139. The van der Waals surface area contributed by atoms with Gasteiger partial charge in [0.2, 0.25) is 11.8 Å². The highest BCUT2D eigenvalue weighted by atomic mass is 32.7. The number of carbonyl (C=O) groups is 8. The largest absolute Gasteiger partial charge is 0.463 e. The van der Waals surface area contributed by atoms with E-state index in [-0.39, 0.29) is 92.4 Å². The molecule has 0 radical (unpaired) electrons. The normalized spacial score (nSPS) is 25.7. The van der Waals surface area contributed by atoms with Crippen molar-refractivity contribution in [1.82, 2.24) is 59.5 Å². The summed E-state index contributed by atoms with van der Waals surface area (Å²) in [6, 6.07) is 4.52. The van der Waals surface area contributed by atoms with Crippen molar-refractivity contribution in [2.24, 2.45) is 17.6 Å². The number of likely N-dealkylation sites (N-methyl/N-ethyl adjacent to an activating group) is 1. The molecule has 3 saturated heterocycles. The summed E-state index contributed by atoms with van der Waals surface area (Å²) < 4.78 is 94.2. The number of hydrogen-bond acceptors (Lipinski definition) is 25. The van der Waals surface area contributed by atoms with E-state index in [4.69, 9.17) is 60.3 Å². The number of nitrogens with one attached hydrogen (secondary N) is 3. The number of imidazole rings is 2. The molecule has 4 aliphatic heterocycles. The van der Waals surface area contributed by atoms with Gasteiger partial charge in [-0.05, 0) is 48.3 Å². The maximum absolute atomic E-state index is 16.7. The van der Waals surface area contributed by atoms with E-state index in [2.05, 4.69) is 58.1 Å². The van der Waals surface area contributed by atoms with Gasteiger partial charge in [-0.2, -0.15) is 0 Å². The fourth-order valence-corrected chi connectivity index (χ4v) is 13.0. The summed E-state index contributed by atoms with van der Waals surface area (Å²) in [6.07, 6.45) is -8.37. The van der Waals surface area contributed by atoms with Crippen molar-refractivity contribution in [2.75, 3.05) is 57.6 Å². The molecule has 8 heterocycles. The molecular weight excluding hydrogens is 1290 g/mol. The van der Waals surface area contributed by atoms with E-state index in [0.29, 0.717) is 11.3 Å². The minimum Gasteiger partial charge on any atom is -0.463 e. The average molecular weight is 1350 g/mol. The molecule has 91 heavy (non-hydrogen) atoms. The summed E-state index contributed by atoms with van der Waals surface area (Å²) in [7, 11) is 1.41. The van der Waals surface area contributed by atoms with Crippen LogP contribution in [0, 0.1) is 11.8 Å². The van der Waals surface area contributed by atoms with Gasteiger partial charge in [0.25, 0.3) is 11.8 Å². The number of amides is 7. The van der Waals surface area contributed by atoms with Crippen LogP contribution in [0.15, 0.2) is 61.7 Å². The number of halogens is 2. The number of nitrogens with zero attached hydrogens (tertiary/aromatic N) is 10. The van der Waals surface area contributed by atoms with Crippen LogP contribution in [0.4, 0.5) is 29.9 Å². The van der Waals surface area contributed by atoms with Crippen molar-refractivity contribution in [3.63, 3.8) is 0 Å². The van der Waals surface area contributed by atoms with Gasteiger partial charge < -0.3 is 60.7 Å². The van der Waals surface area contributed by atoms with Crippen molar-refractivity contribution in [3.05, 3.63) is 73.0 Å². The average Bonchev–Trinajstić information content (AvgIpc) is 1.63. The fraction of sp³-hybridized carbons (Fsp3) is 0.500. The second-order valence-electron chi connectivity index (χ2n) is 21.5. The standard InChI is InChI=1S/C52H63F2N15O18P2S2/c1-26(2)40(65-34(71)12-14-67-35(72)10-11-36(67)73)31(70)17-28(5-4-13-57-51(56)76)48(75)64-29-8-6-27(7-9-29)19-81-52(77)66(3)15-16-80-37(74)18-30-41-46(60-22-58-30)68(24-62-41)49-38(53)43-32(84-49)20-82-89(79,91)87-44-33(21-83-88(78,90)86-43)85-50(39(44)54)69-25-63-42-45(55)59-23-61-47(42)69/h6-11,22-26,28,32-33,38-40,43-44,49-50H,4-5,12-21H2,1-3H3,(H,64,75)(H,65,71)(H,78,90)(H,79,91)(H2,55,59,61)(H3,56,57,76)/t28-,32-,33-,38-,39-,40+,43-,44-,49-,50-,88?,89?/m1/s1. The molecular formula is C52H63F2N15O18P2S2. The van der Waals surface area contributed by atoms with Crippen molar-refractivity contribution < 1.29 is 93.6 Å². The predicted molar refractivity (Wildman–Crippen MR) is 317 cm³/mol. The molecule has 2 unspecified atom stereocenters. The highest BCUT2D eigenvalue weighted by molar-refractivity contribution is 8.44. The molecule has 7 amide bonds. The van der Waals surface area contributed by atoms with Crippen LogP contribution < -0.4 is 27.4 Å². The summed E-state index contributed by atoms with van der Waals surface area (Å²) in [5.74, 6) is -4.72. The lowest BCUT2D eigenvalue weighted by Gasteiger charge is -2.29. The molecule has 0 spiro atoms. The third kappa shape index (κ3) is 16.7. The van der Waals surface area contributed by atoms with Gasteiger partial charge in [-0.1, -0.05) is 38.2 Å². The van der Waals surface area contributed by atoms with Crippen LogP contribution in [0.2, 0.25) is 0 Å². The van der Waals surface area contributed by atoms with E-state index in [0.717, 1.165) is 45.5 Å². The first kappa shape index (κ1) is 67.8. The van der Waals surface area contributed by atoms with Gasteiger partial charge in [0.15, 0.2) is 47.7 Å². The van der Waals surface area contributed by atoms with E-state index >= 15 is 8.78 Å². The van der Waals surface area contributed by atoms with E-state index in [9.17, 15) is 47.8 Å². The number of alkyl halides is 2. The molecule has 5 aromatic rings. The number of carbonyl (C=O) groups excluding carboxylic acids is 8. The van der Waals surface area contributed by atoms with Crippen molar-refractivity contribution in [1.29, 1.82) is 0 Å². The third-order valence-corrected chi connectivity index (χ3v) is 17.9. The number of thiol groups is 1. The summed E-state index contributed by atoms with van der Waals surface area (Å²) in [5.41, 5.74) is 12.3.